The molecule has 0 aromatic carbocycles. The van der Waals surface area contributed by atoms with Gasteiger partial charge in [-0.15, -0.1) is 0 Å². The summed E-state index contributed by atoms with van der Waals surface area (Å²) in [6, 6.07) is 0. The maximum Gasteiger partial charge on any atom is 0.187 e. The smallest absolute Gasteiger partial charge is 0.187 e. The maximum absolute atomic E-state index is 6.48. The van der Waals surface area contributed by atoms with Crippen LogP contribution in [0, 0.1) is 40.9 Å². The number of ether oxygens (including phenoxy) is 4. The van der Waals surface area contributed by atoms with Gasteiger partial charge in [-0.1, -0.05) is 35.7 Å². The van der Waals surface area contributed by atoms with Crippen LogP contribution in [0.3, 0.4) is 0 Å². The van der Waals surface area contributed by atoms with E-state index in [0.29, 0.717) is 23.7 Å². The van der Waals surface area contributed by atoms with Crippen molar-refractivity contribution in [2.75, 3.05) is 26.4 Å². The zero-order valence-corrected chi connectivity index (χ0v) is 15.0. The zero-order chi connectivity index (χ0) is 15.2. The number of hydrogen-bond donors (Lipinski definition) is 0. The fourth-order valence-electron chi connectivity index (χ4n) is 9.02. The van der Waals surface area contributed by atoms with Gasteiger partial charge in [-0.2, -0.15) is 0 Å². The summed E-state index contributed by atoms with van der Waals surface area (Å²) in [5, 5.41) is 0. The van der Waals surface area contributed by atoms with Crippen LogP contribution in [-0.4, -0.2) is 42.3 Å². The first-order valence-electron chi connectivity index (χ1n) is 9.45. The lowest BCUT2D eigenvalue weighted by Crippen LogP contribution is -2.75. The van der Waals surface area contributed by atoms with Crippen LogP contribution in [0.5, 0.6) is 0 Å². The Bertz CT molecular complexity index is 612. The topological polar surface area (TPSA) is 36.9 Å². The van der Waals surface area contributed by atoms with E-state index in [1.807, 2.05) is 0 Å². The Balaban J connectivity index is 1.44. The van der Waals surface area contributed by atoms with Crippen LogP contribution in [0.15, 0.2) is 0 Å². The molecule has 126 valence electrons. The van der Waals surface area contributed by atoms with Crippen molar-refractivity contribution in [2.45, 2.75) is 42.1 Å². The van der Waals surface area contributed by atoms with Gasteiger partial charge in [0.05, 0.1) is 30.8 Å². The molecular weight excluding hydrogens is 360 g/mol. The molecule has 23 heavy (non-hydrogen) atoms. The van der Waals surface area contributed by atoms with Gasteiger partial charge in [-0.05, 0) is 30.1 Å². The fourth-order valence-corrected chi connectivity index (χ4v) is 10.7. The molecule has 2 aliphatic heterocycles. The third-order valence-electron chi connectivity index (χ3n) is 8.92. The molecule has 8 aliphatic rings. The van der Waals surface area contributed by atoms with E-state index in [9.17, 15) is 0 Å². The molecule has 8 fully saturated rings. The molecule has 0 aromatic rings. The molecule has 0 radical (unpaired) electrons. The highest BCUT2D eigenvalue weighted by Crippen LogP contribution is 3.01. The lowest BCUT2D eigenvalue weighted by Gasteiger charge is -2.72. The average Bonchev–Trinajstić information content (AvgIpc) is 3.31. The second kappa shape index (κ2) is 3.57. The van der Waals surface area contributed by atoms with Crippen LogP contribution in [0.2, 0.25) is 0 Å². The predicted molar refractivity (Wildman–Crippen MR) is 83.8 cm³/mol. The van der Waals surface area contributed by atoms with E-state index in [1.165, 1.54) is 19.3 Å². The Morgan fingerprint density at radius 2 is 1.30 bits per heavy atom. The average molecular weight is 383 g/mol. The van der Waals surface area contributed by atoms with Crippen molar-refractivity contribution in [3.63, 3.8) is 0 Å². The summed E-state index contributed by atoms with van der Waals surface area (Å²) in [7, 11) is 0. The first-order valence-corrected chi connectivity index (χ1v) is 10.2. The van der Waals surface area contributed by atoms with Gasteiger partial charge in [0.1, 0.15) is 0 Å². The van der Waals surface area contributed by atoms with Crippen LogP contribution in [-0.2, 0) is 18.9 Å². The van der Waals surface area contributed by atoms with Gasteiger partial charge < -0.3 is 18.9 Å². The largest absolute Gasteiger partial charge is 0.347 e. The van der Waals surface area contributed by atoms with Crippen molar-refractivity contribution < 1.29 is 18.9 Å². The maximum atomic E-state index is 6.48. The SMILES string of the molecule is CCCC[C@]12[C@@H]3[C@H]4[C@H]([C@@H]5[C@@H]1[C@@H]3[C@@]4(Br)C51OCCO1)C21OCCO1. The zero-order valence-electron chi connectivity index (χ0n) is 13.4. The quantitative estimate of drug-likeness (QED) is 0.702. The summed E-state index contributed by atoms with van der Waals surface area (Å²) in [6.07, 6.45) is 3.79. The lowest BCUT2D eigenvalue weighted by molar-refractivity contribution is -0.300. The second-order valence-corrected chi connectivity index (χ2v) is 10.1. The Morgan fingerprint density at radius 3 is 1.96 bits per heavy atom. The van der Waals surface area contributed by atoms with Crippen molar-refractivity contribution in [3.8, 4) is 0 Å². The van der Waals surface area contributed by atoms with Crippen LogP contribution >= 0.6 is 15.9 Å². The molecule has 0 N–H and O–H groups in total. The number of halogens is 1. The number of hydrogen-bond acceptors (Lipinski definition) is 4. The molecule has 5 heteroatoms. The highest BCUT2D eigenvalue weighted by atomic mass is 79.9. The molecular formula is C18H23BrO4. The Hall–Kier alpha value is 0.320. The minimum absolute atomic E-state index is 0.0374. The number of unbranched alkanes of at least 4 members (excludes halogenated alkanes) is 1. The molecule has 0 unspecified atom stereocenters. The van der Waals surface area contributed by atoms with Gasteiger partial charge in [-0.25, -0.2) is 0 Å². The molecule has 0 aromatic heterocycles. The molecule has 2 heterocycles. The van der Waals surface area contributed by atoms with Gasteiger partial charge in [0.2, 0.25) is 0 Å². The van der Waals surface area contributed by atoms with Crippen molar-refractivity contribution in [1.82, 2.24) is 0 Å². The number of alkyl halides is 1. The summed E-state index contributed by atoms with van der Waals surface area (Å²) in [5.74, 6) is 3.01. The first-order chi connectivity index (χ1) is 11.2. The van der Waals surface area contributed by atoms with Gasteiger partial charge in [0, 0.05) is 17.3 Å². The van der Waals surface area contributed by atoms with Crippen molar-refractivity contribution in [1.29, 1.82) is 0 Å². The van der Waals surface area contributed by atoms with Gasteiger partial charge in [-0.3, -0.25) is 0 Å². The minimum Gasteiger partial charge on any atom is -0.347 e. The predicted octanol–water partition coefficient (Wildman–Crippen LogP) is 2.55. The van der Waals surface area contributed by atoms with Crippen molar-refractivity contribution >= 4 is 15.9 Å². The highest BCUT2D eigenvalue weighted by Gasteiger charge is 3.07. The molecule has 2 spiro atoms. The normalized spacial score (nSPS) is 63.4. The standard InChI is InChI=1S/C18H23BrO4/c1-2-3-4-15-9-11-10(15)13-14(17(15)20-5-6-21-17)12(9)16(11,19)18(13)22-7-8-23-18/h9-14H,2-8H2,1H3/t9-,10-,11+,12-,13-,14+,15-,16-/m0/s1. The lowest BCUT2D eigenvalue weighted by atomic mass is 9.34. The van der Waals surface area contributed by atoms with Gasteiger partial charge >= 0.3 is 0 Å². The molecule has 4 bridgehead atoms. The summed E-state index contributed by atoms with van der Waals surface area (Å²) in [6.45, 7) is 5.30. The molecule has 2 saturated heterocycles. The molecule has 0 amide bonds. The third-order valence-corrected chi connectivity index (χ3v) is 10.5. The van der Waals surface area contributed by atoms with E-state index in [4.69, 9.17) is 18.9 Å². The van der Waals surface area contributed by atoms with Gasteiger partial charge in [0.25, 0.3) is 0 Å². The Kier molecular flexibility index (Phi) is 2.10. The molecule has 6 aliphatic carbocycles. The monoisotopic (exact) mass is 382 g/mol. The van der Waals surface area contributed by atoms with E-state index in [-0.39, 0.29) is 21.3 Å². The van der Waals surface area contributed by atoms with Crippen molar-refractivity contribution in [2.24, 2.45) is 40.9 Å². The van der Waals surface area contributed by atoms with E-state index in [1.54, 1.807) is 0 Å². The van der Waals surface area contributed by atoms with Gasteiger partial charge in [0.15, 0.2) is 11.6 Å². The number of rotatable bonds is 3. The van der Waals surface area contributed by atoms with E-state index >= 15 is 0 Å². The molecule has 8 atom stereocenters. The summed E-state index contributed by atoms with van der Waals surface area (Å²) in [5.41, 5.74) is 0.250. The van der Waals surface area contributed by atoms with Crippen LogP contribution in [0.25, 0.3) is 0 Å². The Morgan fingerprint density at radius 1 is 0.783 bits per heavy atom. The van der Waals surface area contributed by atoms with Crippen LogP contribution < -0.4 is 0 Å². The van der Waals surface area contributed by atoms with Crippen LogP contribution in [0.1, 0.15) is 26.2 Å². The third kappa shape index (κ3) is 0.898. The molecule has 4 nitrogen and oxygen atoms in total. The molecule has 8 rings (SSSR count). The van der Waals surface area contributed by atoms with E-state index in [0.717, 1.165) is 38.3 Å². The van der Waals surface area contributed by atoms with Crippen LogP contribution in [0.4, 0.5) is 0 Å². The summed E-state index contributed by atoms with van der Waals surface area (Å²) < 4.78 is 25.7. The van der Waals surface area contributed by atoms with Crippen molar-refractivity contribution in [3.05, 3.63) is 0 Å². The summed E-state index contributed by atoms with van der Waals surface area (Å²) >= 11 is 4.19. The second-order valence-electron chi connectivity index (χ2n) is 8.80. The fraction of sp³-hybridized carbons (Fsp3) is 1.00. The summed E-state index contributed by atoms with van der Waals surface area (Å²) in [4.78, 5) is 0. The van der Waals surface area contributed by atoms with E-state index < -0.39 is 0 Å². The molecule has 6 saturated carbocycles. The highest BCUT2D eigenvalue weighted by molar-refractivity contribution is 9.10. The first kappa shape index (κ1) is 13.5. The minimum atomic E-state index is -0.388. The Labute approximate surface area is 144 Å². The van der Waals surface area contributed by atoms with E-state index in [2.05, 4.69) is 22.9 Å².